The smallest absolute Gasteiger partial charge is 0.433 e. The zero-order chi connectivity index (χ0) is 23.1. The Kier molecular flexibility index (Phi) is 7.68. The second kappa shape index (κ2) is 10.4. The number of halogens is 3. The molecular formula is C22H25F3N4O3. The van der Waals surface area contributed by atoms with Crippen molar-refractivity contribution in [2.24, 2.45) is 0 Å². The van der Waals surface area contributed by atoms with Gasteiger partial charge in [0.05, 0.1) is 19.2 Å². The molecule has 0 saturated carbocycles. The molecule has 172 valence electrons. The number of benzene rings is 1. The summed E-state index contributed by atoms with van der Waals surface area (Å²) >= 11 is 0. The molecule has 0 saturated heterocycles. The Labute approximate surface area is 184 Å². The summed E-state index contributed by atoms with van der Waals surface area (Å²) in [7, 11) is 3.20. The predicted molar refractivity (Wildman–Crippen MR) is 114 cm³/mol. The Morgan fingerprint density at radius 2 is 1.78 bits per heavy atom. The minimum atomic E-state index is -4.50. The number of methoxy groups -OCH3 is 2. The number of aromatic nitrogens is 3. The van der Waals surface area contributed by atoms with Gasteiger partial charge in [-0.15, -0.1) is 0 Å². The van der Waals surface area contributed by atoms with Gasteiger partial charge in [0.2, 0.25) is 0 Å². The highest BCUT2D eigenvalue weighted by Crippen LogP contribution is 2.35. The van der Waals surface area contributed by atoms with E-state index in [1.54, 1.807) is 33.3 Å². The summed E-state index contributed by atoms with van der Waals surface area (Å²) in [6.45, 7) is 3.02. The van der Waals surface area contributed by atoms with E-state index in [0.29, 0.717) is 52.8 Å². The van der Waals surface area contributed by atoms with Crippen LogP contribution in [-0.2, 0) is 17.5 Å². The van der Waals surface area contributed by atoms with Gasteiger partial charge in [0.1, 0.15) is 17.3 Å². The van der Waals surface area contributed by atoms with Crippen LogP contribution in [0.5, 0.6) is 11.5 Å². The average molecular weight is 450 g/mol. The number of nitrogens with one attached hydrogen (secondary N) is 1. The molecule has 2 aromatic heterocycles. The molecule has 0 fully saturated rings. The number of ether oxygens (including phenoxy) is 3. The van der Waals surface area contributed by atoms with Crippen LogP contribution in [0.3, 0.4) is 0 Å². The lowest BCUT2D eigenvalue weighted by Gasteiger charge is -2.15. The highest BCUT2D eigenvalue weighted by molar-refractivity contribution is 5.91. The van der Waals surface area contributed by atoms with E-state index in [1.807, 2.05) is 0 Å². The summed E-state index contributed by atoms with van der Waals surface area (Å²) in [5, 5.41) is 3.79. The van der Waals surface area contributed by atoms with E-state index < -0.39 is 11.9 Å². The minimum Gasteiger partial charge on any atom is -0.493 e. The number of anilines is 1. The maximum Gasteiger partial charge on any atom is 0.433 e. The van der Waals surface area contributed by atoms with Crippen LogP contribution in [0.1, 0.15) is 29.9 Å². The number of unbranched alkanes of at least 4 members (excludes halogenated alkanes) is 1. The molecule has 0 radical (unpaired) electrons. The number of fused-ring (bicyclic) bond motifs is 1. The molecule has 32 heavy (non-hydrogen) atoms. The van der Waals surface area contributed by atoms with Gasteiger partial charge in [-0.2, -0.15) is 13.2 Å². The van der Waals surface area contributed by atoms with Crippen molar-refractivity contribution in [1.29, 1.82) is 0 Å². The maximum atomic E-state index is 12.9. The third-order valence-corrected chi connectivity index (χ3v) is 4.67. The van der Waals surface area contributed by atoms with Gasteiger partial charge in [0, 0.05) is 37.9 Å². The fourth-order valence-electron chi connectivity index (χ4n) is 3.12. The Bertz CT molecular complexity index is 1060. The summed E-state index contributed by atoms with van der Waals surface area (Å²) in [6.07, 6.45) is -1.68. The summed E-state index contributed by atoms with van der Waals surface area (Å²) in [5.74, 6) is 2.08. The molecule has 0 amide bonds. The SMILES string of the molecule is COCCCCOc1cc2c(NCc3ccnc(C(F)(F)F)c3)nc(C)nc2cc1OC. The maximum absolute atomic E-state index is 12.9. The number of alkyl halides is 3. The zero-order valence-corrected chi connectivity index (χ0v) is 18.1. The number of hydrogen-bond donors (Lipinski definition) is 1. The van der Waals surface area contributed by atoms with Crippen molar-refractivity contribution in [3.05, 3.63) is 47.5 Å². The second-order valence-corrected chi connectivity index (χ2v) is 7.09. The second-order valence-electron chi connectivity index (χ2n) is 7.09. The molecule has 0 bridgehead atoms. The first-order valence-electron chi connectivity index (χ1n) is 10.1. The lowest BCUT2D eigenvalue weighted by atomic mass is 10.2. The van der Waals surface area contributed by atoms with Crippen LogP contribution in [-0.4, -0.2) is 42.4 Å². The molecule has 0 aliphatic carbocycles. The molecule has 7 nitrogen and oxygen atoms in total. The first-order valence-corrected chi connectivity index (χ1v) is 10.1. The summed E-state index contributed by atoms with van der Waals surface area (Å²) in [5.41, 5.74) is 0.128. The van der Waals surface area contributed by atoms with Crippen LogP contribution in [0.25, 0.3) is 10.9 Å². The lowest BCUT2D eigenvalue weighted by Crippen LogP contribution is -2.10. The van der Waals surface area contributed by atoms with E-state index in [2.05, 4.69) is 20.3 Å². The van der Waals surface area contributed by atoms with Crippen LogP contribution >= 0.6 is 0 Å². The van der Waals surface area contributed by atoms with Crippen molar-refractivity contribution in [2.75, 3.05) is 32.8 Å². The van der Waals surface area contributed by atoms with E-state index in [0.717, 1.165) is 25.1 Å². The predicted octanol–water partition coefficient (Wildman–Crippen LogP) is 4.78. The van der Waals surface area contributed by atoms with Crippen molar-refractivity contribution in [1.82, 2.24) is 15.0 Å². The molecule has 1 aromatic carbocycles. The topological polar surface area (TPSA) is 78.4 Å². The molecule has 0 spiro atoms. The number of rotatable bonds is 10. The molecule has 1 N–H and O–H groups in total. The Hall–Kier alpha value is -3.14. The number of hydrogen-bond acceptors (Lipinski definition) is 7. The molecular weight excluding hydrogens is 425 g/mol. The first kappa shape index (κ1) is 23.5. The largest absolute Gasteiger partial charge is 0.493 e. The summed E-state index contributed by atoms with van der Waals surface area (Å²) < 4.78 is 55.2. The van der Waals surface area contributed by atoms with E-state index in [-0.39, 0.29) is 6.54 Å². The van der Waals surface area contributed by atoms with Gasteiger partial charge < -0.3 is 19.5 Å². The Morgan fingerprint density at radius 3 is 2.50 bits per heavy atom. The third-order valence-electron chi connectivity index (χ3n) is 4.67. The van der Waals surface area contributed by atoms with Crippen LogP contribution < -0.4 is 14.8 Å². The quantitative estimate of drug-likeness (QED) is 0.446. The van der Waals surface area contributed by atoms with Crippen molar-refractivity contribution >= 4 is 16.7 Å². The molecule has 3 aromatic rings. The molecule has 10 heteroatoms. The van der Waals surface area contributed by atoms with Gasteiger partial charge in [0.15, 0.2) is 11.5 Å². The molecule has 0 atom stereocenters. The van der Waals surface area contributed by atoms with Crippen LogP contribution in [0, 0.1) is 6.92 Å². The van der Waals surface area contributed by atoms with Gasteiger partial charge in [0.25, 0.3) is 0 Å². The molecule has 2 heterocycles. The van der Waals surface area contributed by atoms with Crippen molar-refractivity contribution < 1.29 is 27.4 Å². The van der Waals surface area contributed by atoms with Crippen molar-refractivity contribution in [3.8, 4) is 11.5 Å². The van der Waals surface area contributed by atoms with Gasteiger partial charge >= 0.3 is 6.18 Å². The molecule has 3 rings (SSSR count). The van der Waals surface area contributed by atoms with Gasteiger partial charge in [-0.25, -0.2) is 9.97 Å². The highest BCUT2D eigenvalue weighted by atomic mass is 19.4. The standard InChI is InChI=1S/C22H25F3N4O3/c1-14-28-17-12-18(31-3)19(32-9-5-4-8-30-2)11-16(17)21(29-14)27-13-15-6-7-26-20(10-15)22(23,24)25/h6-7,10-12H,4-5,8-9,13H2,1-3H3,(H,27,28,29). The Balaban J connectivity index is 1.85. The van der Waals surface area contributed by atoms with E-state index in [9.17, 15) is 13.2 Å². The number of nitrogens with zero attached hydrogens (tertiary/aromatic N) is 3. The van der Waals surface area contributed by atoms with Crippen molar-refractivity contribution in [2.45, 2.75) is 32.5 Å². The molecule has 0 aliphatic heterocycles. The molecule has 0 aliphatic rings. The summed E-state index contributed by atoms with van der Waals surface area (Å²) in [6, 6.07) is 6.07. The lowest BCUT2D eigenvalue weighted by molar-refractivity contribution is -0.141. The van der Waals surface area contributed by atoms with Gasteiger partial charge in [-0.1, -0.05) is 0 Å². The average Bonchev–Trinajstić information content (AvgIpc) is 2.76. The van der Waals surface area contributed by atoms with Crippen LogP contribution in [0.2, 0.25) is 0 Å². The Morgan fingerprint density at radius 1 is 1.00 bits per heavy atom. The van der Waals surface area contributed by atoms with Gasteiger partial charge in [-0.05, 0) is 43.5 Å². The fraction of sp³-hybridized carbons (Fsp3) is 0.409. The van der Waals surface area contributed by atoms with Crippen LogP contribution in [0.15, 0.2) is 30.5 Å². The molecule has 0 unspecified atom stereocenters. The third kappa shape index (κ3) is 5.97. The summed E-state index contributed by atoms with van der Waals surface area (Å²) in [4.78, 5) is 12.3. The van der Waals surface area contributed by atoms with E-state index in [1.165, 1.54) is 6.07 Å². The highest BCUT2D eigenvalue weighted by Gasteiger charge is 2.32. The minimum absolute atomic E-state index is 0.135. The van der Waals surface area contributed by atoms with E-state index >= 15 is 0 Å². The van der Waals surface area contributed by atoms with E-state index in [4.69, 9.17) is 14.2 Å². The van der Waals surface area contributed by atoms with Crippen LogP contribution in [0.4, 0.5) is 19.0 Å². The van der Waals surface area contributed by atoms with Gasteiger partial charge in [-0.3, -0.25) is 4.98 Å². The fourth-order valence-corrected chi connectivity index (χ4v) is 3.12. The first-order chi connectivity index (χ1) is 15.3. The number of pyridine rings is 1. The monoisotopic (exact) mass is 450 g/mol. The normalized spacial score (nSPS) is 11.6. The number of aryl methyl sites for hydroxylation is 1. The van der Waals surface area contributed by atoms with Crippen molar-refractivity contribution in [3.63, 3.8) is 0 Å². The zero-order valence-electron chi connectivity index (χ0n) is 18.1.